The molecule has 0 N–H and O–H groups in total. The van der Waals surface area contributed by atoms with Gasteiger partial charge < -0.3 is 0 Å². The van der Waals surface area contributed by atoms with Crippen LogP contribution < -0.4 is 0 Å². The molecule has 0 bridgehead atoms. The number of halogens is 1. The topological polar surface area (TPSA) is 42.9 Å². The van der Waals surface area contributed by atoms with Gasteiger partial charge in [-0.25, -0.2) is 4.98 Å². The van der Waals surface area contributed by atoms with Crippen molar-refractivity contribution in [3.05, 3.63) is 46.7 Å². The van der Waals surface area contributed by atoms with E-state index >= 15 is 0 Å². The summed E-state index contributed by atoms with van der Waals surface area (Å²) in [5.74, 6) is 0.0265. The number of nitrogens with zero attached hydrogens (tertiary/aromatic N) is 2. The number of carbonyl (C=O) groups is 1. The molecule has 0 unspecified atom stereocenters. The van der Waals surface area contributed by atoms with Gasteiger partial charge in [0.05, 0.1) is 11.4 Å². The predicted octanol–water partition coefficient (Wildman–Crippen LogP) is 3.11. The van der Waals surface area contributed by atoms with E-state index in [1.165, 1.54) is 6.92 Å². The minimum absolute atomic E-state index is 0.0265. The fourth-order valence-electron chi connectivity index (χ4n) is 1.34. The second-order valence-electron chi connectivity index (χ2n) is 3.33. The standard InChI is InChI=1S/C12H9BrN2O/c1-8(16)9-5-6-14-11(7-9)10-3-2-4-12(13)15-10/h2-7H,1H3. The van der Waals surface area contributed by atoms with Gasteiger partial charge in [-0.1, -0.05) is 6.07 Å². The highest BCUT2D eigenvalue weighted by molar-refractivity contribution is 9.10. The highest BCUT2D eigenvalue weighted by Crippen LogP contribution is 2.18. The average Bonchev–Trinajstić information content (AvgIpc) is 2.29. The third-order valence-electron chi connectivity index (χ3n) is 2.14. The van der Waals surface area contributed by atoms with Gasteiger partial charge in [-0.3, -0.25) is 9.78 Å². The lowest BCUT2D eigenvalue weighted by Gasteiger charge is -2.01. The second-order valence-corrected chi connectivity index (χ2v) is 4.14. The van der Waals surface area contributed by atoms with Gasteiger partial charge in [0.25, 0.3) is 0 Å². The number of hydrogen-bond donors (Lipinski definition) is 0. The number of aromatic nitrogens is 2. The van der Waals surface area contributed by atoms with E-state index in [-0.39, 0.29) is 5.78 Å². The molecular formula is C12H9BrN2O. The molecule has 0 spiro atoms. The summed E-state index contributed by atoms with van der Waals surface area (Å²) in [7, 11) is 0. The molecule has 0 saturated carbocycles. The first-order valence-electron chi connectivity index (χ1n) is 4.77. The summed E-state index contributed by atoms with van der Waals surface area (Å²) in [5.41, 5.74) is 2.10. The molecule has 0 aliphatic rings. The quantitative estimate of drug-likeness (QED) is 0.625. The van der Waals surface area contributed by atoms with Crippen molar-refractivity contribution in [2.24, 2.45) is 0 Å². The van der Waals surface area contributed by atoms with E-state index in [4.69, 9.17) is 0 Å². The second kappa shape index (κ2) is 4.53. The first-order chi connectivity index (χ1) is 7.66. The molecule has 80 valence electrons. The number of carbonyl (C=O) groups excluding carboxylic acids is 1. The van der Waals surface area contributed by atoms with Crippen LogP contribution >= 0.6 is 15.9 Å². The molecule has 0 amide bonds. The molecule has 3 nitrogen and oxygen atoms in total. The molecule has 0 aliphatic heterocycles. The zero-order chi connectivity index (χ0) is 11.5. The van der Waals surface area contributed by atoms with Crippen molar-refractivity contribution in [1.82, 2.24) is 9.97 Å². The predicted molar refractivity (Wildman–Crippen MR) is 65.2 cm³/mol. The molecule has 0 fully saturated rings. The van der Waals surface area contributed by atoms with E-state index in [1.54, 1.807) is 18.3 Å². The Morgan fingerprint density at radius 3 is 2.75 bits per heavy atom. The largest absolute Gasteiger partial charge is 0.295 e. The maximum atomic E-state index is 11.2. The molecule has 0 atom stereocenters. The Bertz CT molecular complexity index is 540. The van der Waals surface area contributed by atoms with Crippen LogP contribution in [-0.4, -0.2) is 15.8 Å². The molecule has 0 radical (unpaired) electrons. The van der Waals surface area contributed by atoms with Crippen LogP contribution in [0.3, 0.4) is 0 Å². The first-order valence-corrected chi connectivity index (χ1v) is 5.56. The molecule has 0 aromatic carbocycles. The van der Waals surface area contributed by atoms with Gasteiger partial charge in [0.2, 0.25) is 0 Å². The van der Waals surface area contributed by atoms with Crippen molar-refractivity contribution in [1.29, 1.82) is 0 Å². The van der Waals surface area contributed by atoms with Gasteiger partial charge in [0, 0.05) is 11.8 Å². The van der Waals surface area contributed by atoms with Gasteiger partial charge >= 0.3 is 0 Å². The van der Waals surface area contributed by atoms with Crippen LogP contribution in [0.25, 0.3) is 11.4 Å². The van der Waals surface area contributed by atoms with E-state index in [2.05, 4.69) is 25.9 Å². The van der Waals surface area contributed by atoms with E-state index in [9.17, 15) is 4.79 Å². The molecular weight excluding hydrogens is 268 g/mol. The molecule has 2 aromatic heterocycles. The number of ketones is 1. The average molecular weight is 277 g/mol. The molecule has 0 saturated heterocycles. The normalized spacial score (nSPS) is 10.1. The zero-order valence-corrected chi connectivity index (χ0v) is 10.2. The van der Waals surface area contributed by atoms with Crippen molar-refractivity contribution in [2.45, 2.75) is 6.92 Å². The van der Waals surface area contributed by atoms with Crippen molar-refractivity contribution in [3.8, 4) is 11.4 Å². The summed E-state index contributed by atoms with van der Waals surface area (Å²) < 4.78 is 0.750. The summed E-state index contributed by atoms with van der Waals surface area (Å²) in [5, 5.41) is 0. The number of hydrogen-bond acceptors (Lipinski definition) is 3. The smallest absolute Gasteiger partial charge is 0.159 e. The van der Waals surface area contributed by atoms with Crippen molar-refractivity contribution in [2.75, 3.05) is 0 Å². The van der Waals surface area contributed by atoms with Crippen LogP contribution in [0.4, 0.5) is 0 Å². The lowest BCUT2D eigenvalue weighted by atomic mass is 10.1. The third-order valence-corrected chi connectivity index (χ3v) is 2.59. The zero-order valence-electron chi connectivity index (χ0n) is 8.64. The Morgan fingerprint density at radius 1 is 1.25 bits per heavy atom. The van der Waals surface area contributed by atoms with E-state index in [0.29, 0.717) is 11.3 Å². The fraction of sp³-hybridized carbons (Fsp3) is 0.0833. The van der Waals surface area contributed by atoms with Crippen molar-refractivity contribution >= 4 is 21.7 Å². The maximum absolute atomic E-state index is 11.2. The fourth-order valence-corrected chi connectivity index (χ4v) is 1.68. The lowest BCUT2D eigenvalue weighted by molar-refractivity contribution is 0.101. The molecule has 0 aliphatic carbocycles. The SMILES string of the molecule is CC(=O)c1ccnc(-c2cccc(Br)n2)c1. The summed E-state index contributed by atoms with van der Waals surface area (Å²) in [6, 6.07) is 9.03. The van der Waals surface area contributed by atoms with Gasteiger partial charge in [0.1, 0.15) is 4.60 Å². The summed E-state index contributed by atoms with van der Waals surface area (Å²) in [6.45, 7) is 1.54. The highest BCUT2D eigenvalue weighted by atomic mass is 79.9. The van der Waals surface area contributed by atoms with Crippen molar-refractivity contribution < 1.29 is 4.79 Å². The molecule has 4 heteroatoms. The van der Waals surface area contributed by atoms with Gasteiger partial charge in [-0.2, -0.15) is 0 Å². The Balaban J connectivity index is 2.48. The third kappa shape index (κ3) is 2.33. The van der Waals surface area contributed by atoms with Gasteiger partial charge in [0.15, 0.2) is 5.78 Å². The highest BCUT2D eigenvalue weighted by Gasteiger charge is 2.05. The van der Waals surface area contributed by atoms with Crippen LogP contribution in [0.2, 0.25) is 0 Å². The molecule has 2 aromatic rings. The number of Topliss-reactive ketones (excluding diaryl/α,β-unsaturated/α-hetero) is 1. The Hall–Kier alpha value is -1.55. The maximum Gasteiger partial charge on any atom is 0.159 e. The van der Waals surface area contributed by atoms with E-state index < -0.39 is 0 Å². The molecule has 2 rings (SSSR count). The summed E-state index contributed by atoms with van der Waals surface area (Å²) in [6.07, 6.45) is 1.62. The van der Waals surface area contributed by atoms with Crippen LogP contribution in [-0.2, 0) is 0 Å². The Kier molecular flexibility index (Phi) is 3.10. The molecule has 2 heterocycles. The molecule has 16 heavy (non-hydrogen) atoms. The summed E-state index contributed by atoms with van der Waals surface area (Å²) >= 11 is 3.30. The lowest BCUT2D eigenvalue weighted by Crippen LogP contribution is -1.95. The van der Waals surface area contributed by atoms with E-state index in [0.717, 1.165) is 10.3 Å². The summed E-state index contributed by atoms with van der Waals surface area (Å²) in [4.78, 5) is 19.7. The van der Waals surface area contributed by atoms with Crippen LogP contribution in [0.1, 0.15) is 17.3 Å². The van der Waals surface area contributed by atoms with Crippen LogP contribution in [0.15, 0.2) is 41.1 Å². The van der Waals surface area contributed by atoms with Crippen molar-refractivity contribution in [3.63, 3.8) is 0 Å². The van der Waals surface area contributed by atoms with E-state index in [1.807, 2.05) is 18.2 Å². The number of rotatable bonds is 2. The Labute approximate surface area is 102 Å². The minimum atomic E-state index is 0.0265. The monoisotopic (exact) mass is 276 g/mol. The van der Waals surface area contributed by atoms with Crippen LogP contribution in [0.5, 0.6) is 0 Å². The van der Waals surface area contributed by atoms with Gasteiger partial charge in [-0.05, 0) is 47.1 Å². The van der Waals surface area contributed by atoms with Gasteiger partial charge in [-0.15, -0.1) is 0 Å². The number of pyridine rings is 2. The minimum Gasteiger partial charge on any atom is -0.295 e. The first kappa shape index (κ1) is 11.0. The van der Waals surface area contributed by atoms with Crippen LogP contribution in [0, 0.1) is 0 Å². The Morgan fingerprint density at radius 2 is 2.06 bits per heavy atom.